The minimum atomic E-state index is -3.97. The first kappa shape index (κ1) is 44.1. The number of hydrogen-bond donors (Lipinski definition) is 1. The third-order valence-electron chi connectivity index (χ3n) is 6.98. The fourth-order valence-electron chi connectivity index (χ4n) is 4.63. The first-order valence-electron chi connectivity index (χ1n) is 17.2. The fourth-order valence-corrected chi connectivity index (χ4v) is 7.14. The lowest BCUT2D eigenvalue weighted by atomic mass is 10.1. The second-order valence-corrected chi connectivity index (χ2v) is 14.7. The molecule has 0 saturated heterocycles. The summed E-state index contributed by atoms with van der Waals surface area (Å²) in [5.41, 5.74) is 2.11. The molecule has 57 heavy (non-hydrogen) atoms. The van der Waals surface area contributed by atoms with Crippen LogP contribution >= 0.6 is 38.8 Å². The zero-order valence-electron chi connectivity index (χ0n) is 30.7. The van der Waals surface area contributed by atoms with Crippen LogP contribution in [0, 0.1) is 0 Å². The monoisotopic (exact) mass is 844 g/mol. The van der Waals surface area contributed by atoms with Gasteiger partial charge in [0.2, 0.25) is 0 Å². The van der Waals surface area contributed by atoms with Gasteiger partial charge in [-0.2, -0.15) is 9.13 Å². The zero-order valence-corrected chi connectivity index (χ0v) is 34.0. The highest BCUT2D eigenvalue weighted by molar-refractivity contribution is 7.50. The van der Waals surface area contributed by atoms with Gasteiger partial charge < -0.3 is 32.2 Å². The molecule has 7 aromatic carbocycles. The number of rotatable bonds is 13. The molecule has 0 saturated carbocycles. The Morgan fingerprint density at radius 2 is 0.509 bits per heavy atom. The zero-order chi connectivity index (χ0) is 40.6. The number of aliphatic hydroxyl groups excluding tert-OH is 1. The van der Waals surface area contributed by atoms with Crippen molar-refractivity contribution in [3.8, 4) is 45.6 Å². The molecule has 13 heteroatoms. The van der Waals surface area contributed by atoms with E-state index in [4.69, 9.17) is 55.5 Å². The van der Waals surface area contributed by atoms with Crippen molar-refractivity contribution in [2.24, 2.45) is 0 Å². The van der Waals surface area contributed by atoms with E-state index in [1.807, 2.05) is 72.8 Å². The van der Waals surface area contributed by atoms with Gasteiger partial charge >= 0.3 is 15.6 Å². The minimum Gasteiger partial charge on any atom is -0.400 e. The lowest BCUT2D eigenvalue weighted by Gasteiger charge is -2.19. The molecule has 0 radical (unpaired) electrons. The number of hydrogen-bond acceptors (Lipinski definition) is 9. The van der Waals surface area contributed by atoms with Gasteiger partial charge in [0, 0.05) is 7.11 Å². The molecule has 0 amide bonds. The van der Waals surface area contributed by atoms with Crippen molar-refractivity contribution in [3.05, 3.63) is 206 Å². The number of benzene rings is 7. The molecule has 7 aromatic rings. The maximum absolute atomic E-state index is 13.4. The van der Waals surface area contributed by atoms with E-state index in [-0.39, 0.29) is 5.34 Å². The molecule has 0 unspecified atom stereocenters. The lowest BCUT2D eigenvalue weighted by molar-refractivity contribution is 0.296. The molecule has 7 rings (SSSR count). The number of halogens is 2. The maximum atomic E-state index is 13.4. The van der Waals surface area contributed by atoms with Crippen molar-refractivity contribution >= 4 is 38.8 Å². The summed E-state index contributed by atoms with van der Waals surface area (Å²) in [5.74, 6) is 2.40. The summed E-state index contributed by atoms with van der Waals surface area (Å²) in [7, 11) is -6.86. The van der Waals surface area contributed by atoms with Gasteiger partial charge in [-0.3, -0.25) is 0 Å². The largest absolute Gasteiger partial charge is 0.647 e. The number of aliphatic hydroxyl groups is 1. The molecule has 0 aromatic heterocycles. The minimum absolute atomic E-state index is 0.194. The molecular formula is C44H40Cl2O9P2. The molecule has 1 N–H and O–H groups in total. The predicted molar refractivity (Wildman–Crippen MR) is 228 cm³/mol. The molecule has 0 aliphatic carbocycles. The van der Waals surface area contributed by atoms with Crippen molar-refractivity contribution in [1.82, 2.24) is 0 Å². The van der Waals surface area contributed by atoms with E-state index >= 15 is 0 Å². The summed E-state index contributed by atoms with van der Waals surface area (Å²) in [4.78, 5) is 0. The topological polar surface area (TPSA) is 110 Å². The van der Waals surface area contributed by atoms with E-state index in [2.05, 4.69) is 0 Å². The molecule has 294 valence electrons. The molecule has 0 aliphatic rings. The lowest BCUT2D eigenvalue weighted by Crippen LogP contribution is -2.07. The van der Waals surface area contributed by atoms with Crippen molar-refractivity contribution in [1.29, 1.82) is 0 Å². The molecular weight excluding hydrogens is 805 g/mol. The maximum Gasteiger partial charge on any atom is 0.647 e. The highest BCUT2D eigenvalue weighted by atomic mass is 35.5. The average molecular weight is 846 g/mol. The second kappa shape index (κ2) is 24.1. The van der Waals surface area contributed by atoms with Crippen molar-refractivity contribution in [2.45, 2.75) is 0 Å². The van der Waals surface area contributed by atoms with E-state index in [0.29, 0.717) is 34.5 Å². The Morgan fingerprint density at radius 1 is 0.333 bits per heavy atom. The van der Waals surface area contributed by atoms with Gasteiger partial charge in [0.05, 0.1) is 5.34 Å². The Labute approximate surface area is 343 Å². The van der Waals surface area contributed by atoms with Crippen LogP contribution in [0.1, 0.15) is 0 Å². The highest BCUT2D eigenvalue weighted by Crippen LogP contribution is 2.51. The van der Waals surface area contributed by atoms with Crippen LogP contribution in [0.15, 0.2) is 206 Å². The van der Waals surface area contributed by atoms with Crippen molar-refractivity contribution in [3.63, 3.8) is 0 Å². The first-order chi connectivity index (χ1) is 27.9. The van der Waals surface area contributed by atoms with Gasteiger partial charge in [-0.05, 0) is 83.9 Å². The van der Waals surface area contributed by atoms with Crippen LogP contribution in [0.3, 0.4) is 0 Å². The summed E-state index contributed by atoms with van der Waals surface area (Å²) in [6.45, 7) is 0. The van der Waals surface area contributed by atoms with Gasteiger partial charge in [-0.1, -0.05) is 133 Å². The van der Waals surface area contributed by atoms with Crippen molar-refractivity contribution in [2.75, 3.05) is 12.4 Å². The second-order valence-electron chi connectivity index (χ2n) is 11.0. The summed E-state index contributed by atoms with van der Waals surface area (Å²) in [6, 6.07) is 61.3. The van der Waals surface area contributed by atoms with Gasteiger partial charge in [0.25, 0.3) is 0 Å². The van der Waals surface area contributed by atoms with E-state index in [9.17, 15) is 9.13 Å². The number of alkyl halides is 2. The number of para-hydroxylation sites is 5. The smallest absolute Gasteiger partial charge is 0.400 e. The Bertz CT molecular complexity index is 2050. The summed E-state index contributed by atoms with van der Waals surface area (Å²) in [5, 5.41) is 7.19. The van der Waals surface area contributed by atoms with Crippen LogP contribution < -0.4 is 27.1 Å². The third kappa shape index (κ3) is 15.8. The van der Waals surface area contributed by atoms with E-state index < -0.39 is 15.6 Å². The van der Waals surface area contributed by atoms with E-state index in [1.54, 1.807) is 133 Å². The molecule has 0 spiro atoms. The molecule has 0 bridgehead atoms. The van der Waals surface area contributed by atoms with Gasteiger partial charge in [0.15, 0.2) is 0 Å². The Kier molecular flexibility index (Phi) is 18.6. The Balaban J connectivity index is 0.000000232. The van der Waals surface area contributed by atoms with Crippen LogP contribution in [0.4, 0.5) is 0 Å². The normalized spacial score (nSPS) is 10.3. The van der Waals surface area contributed by atoms with Gasteiger partial charge in [-0.15, -0.1) is 23.2 Å². The van der Waals surface area contributed by atoms with Crippen LogP contribution in [-0.4, -0.2) is 17.6 Å². The Morgan fingerprint density at radius 3 is 0.737 bits per heavy atom. The summed E-state index contributed by atoms with van der Waals surface area (Å²) >= 11 is 9.53. The quantitative estimate of drug-likeness (QED) is 0.0896. The molecule has 0 aliphatic heterocycles. The standard InChI is InChI=1S/C24H19O4P.C18H15O4P.CH2Cl2.CH4O/c25-29(26-22-12-6-2-7-13-22,27-23-14-8-3-9-15-23)28-24-18-16-21(17-19-24)20-10-4-1-5-11-20;19-23(20-16-10-4-1-5-11-16,21-17-12-6-2-7-13-17)22-18-14-8-3-9-15-18;2-1-3;1-2/h1-19H;1-15H;1H2;2H,1H3. The average Bonchev–Trinajstić information content (AvgIpc) is 3.24. The fraction of sp³-hybridized carbons (Fsp3) is 0.0455. The summed E-state index contributed by atoms with van der Waals surface area (Å²) < 4.78 is 60.0. The number of phosphoric ester groups is 2. The van der Waals surface area contributed by atoms with E-state index in [1.165, 1.54) is 0 Å². The van der Waals surface area contributed by atoms with Crippen LogP contribution in [0.5, 0.6) is 34.5 Å². The Hall–Kier alpha value is -5.66. The molecule has 0 atom stereocenters. The summed E-state index contributed by atoms with van der Waals surface area (Å²) in [6.07, 6.45) is 0. The highest BCUT2D eigenvalue weighted by Gasteiger charge is 2.34. The van der Waals surface area contributed by atoms with E-state index in [0.717, 1.165) is 18.2 Å². The molecule has 0 fully saturated rings. The van der Waals surface area contributed by atoms with Crippen LogP contribution in [0.2, 0.25) is 0 Å². The predicted octanol–water partition coefficient (Wildman–Crippen LogP) is 13.4. The van der Waals surface area contributed by atoms with Gasteiger partial charge in [0.1, 0.15) is 34.5 Å². The first-order valence-corrected chi connectivity index (χ1v) is 21.2. The third-order valence-corrected chi connectivity index (χ3v) is 9.59. The number of phosphoric acid groups is 2. The van der Waals surface area contributed by atoms with Gasteiger partial charge in [-0.25, -0.2) is 0 Å². The van der Waals surface area contributed by atoms with Crippen LogP contribution in [-0.2, 0) is 9.13 Å². The van der Waals surface area contributed by atoms with Crippen LogP contribution in [0.25, 0.3) is 11.1 Å². The molecule has 0 heterocycles. The molecule has 9 nitrogen and oxygen atoms in total. The van der Waals surface area contributed by atoms with Crippen molar-refractivity contribution < 1.29 is 41.4 Å². The SMILES string of the molecule is CO.ClCCl.O=P(Oc1ccccc1)(Oc1ccccc1)Oc1ccc(-c2ccccc2)cc1.O=P(Oc1ccccc1)(Oc1ccccc1)Oc1ccccc1.